The number of hydrogen-bond acceptors (Lipinski definition) is 1. The van der Waals surface area contributed by atoms with E-state index < -0.39 is 25.0 Å². The van der Waals surface area contributed by atoms with E-state index >= 15 is 0 Å². The highest BCUT2D eigenvalue weighted by Crippen LogP contribution is 2.22. The summed E-state index contributed by atoms with van der Waals surface area (Å²) in [7, 11) is 0. The minimum absolute atomic E-state index is 0. The molecule has 25 heavy (non-hydrogen) atoms. The van der Waals surface area contributed by atoms with Crippen molar-refractivity contribution in [3.8, 4) is 0 Å². The third-order valence-electron chi connectivity index (χ3n) is 0.857. The van der Waals surface area contributed by atoms with Gasteiger partial charge in [-0.25, -0.2) is 4.39 Å². The molecule has 0 bridgehead atoms. The Bertz CT molecular complexity index is 153. The highest BCUT2D eigenvalue weighted by molar-refractivity contribution is 4.97. The fourth-order valence-electron chi connectivity index (χ4n) is 0.290. The van der Waals surface area contributed by atoms with Gasteiger partial charge in [0.25, 0.3) is 0 Å². The monoisotopic (exact) mass is 394 g/mol. The summed E-state index contributed by atoms with van der Waals surface area (Å²) in [5, 5.41) is 0. The molecule has 0 heterocycles. The first-order valence-electron chi connectivity index (χ1n) is 4.69. The third kappa shape index (κ3) is 99.4. The Labute approximate surface area is 160 Å². The molecule has 0 saturated carbocycles. The van der Waals surface area contributed by atoms with Gasteiger partial charge >= 0.3 is 6.11 Å². The fourth-order valence-corrected chi connectivity index (χ4v) is 0.290. The molecule has 0 fully saturated rings. The standard InChI is InChI=1S/C6H9F3O.2C2H5F.9CH4/c1-5(2)6(8,9)10-4-3-7;2*1-2-3;;;;;;;;;/h1,3-4H2,2H3;2*2H2,1H3;9*1H4. The lowest BCUT2D eigenvalue weighted by molar-refractivity contribution is -0.209. The summed E-state index contributed by atoms with van der Waals surface area (Å²) in [5.41, 5.74) is -0.416. The maximum absolute atomic E-state index is 12.2. The minimum atomic E-state index is -3.38. The summed E-state index contributed by atoms with van der Waals surface area (Å²) < 4.78 is 60.2. The first-order chi connectivity index (χ1) is 7.33. The van der Waals surface area contributed by atoms with Gasteiger partial charge in [-0.15, -0.1) is 0 Å². The smallest absolute Gasteiger partial charge is 0.314 e. The zero-order valence-corrected chi connectivity index (χ0v) is 9.83. The molecule has 0 atom stereocenters. The molecular weight excluding hydrogens is 339 g/mol. The summed E-state index contributed by atoms with van der Waals surface area (Å²) in [6.45, 7) is 5.01. The molecule has 0 radical (unpaired) electrons. The zero-order chi connectivity index (χ0) is 13.6. The average Bonchev–Trinajstić information content (AvgIpc) is 2.17. The van der Waals surface area contributed by atoms with E-state index in [0.29, 0.717) is 0 Å². The second kappa shape index (κ2) is 65.4. The number of alkyl halides is 5. The molecule has 0 aliphatic carbocycles. The van der Waals surface area contributed by atoms with Gasteiger partial charge in [0, 0.05) is 5.57 Å². The van der Waals surface area contributed by atoms with Crippen LogP contribution in [0.25, 0.3) is 0 Å². The molecule has 0 aliphatic rings. The number of ether oxygens (including phenoxy) is 1. The van der Waals surface area contributed by atoms with Gasteiger partial charge < -0.3 is 4.74 Å². The predicted molar refractivity (Wildman–Crippen MR) is 116 cm³/mol. The highest BCUT2D eigenvalue weighted by atomic mass is 19.3. The van der Waals surface area contributed by atoms with Gasteiger partial charge in [-0.05, 0) is 20.8 Å². The van der Waals surface area contributed by atoms with Gasteiger partial charge in [0.15, 0.2) is 0 Å². The van der Waals surface area contributed by atoms with Crippen LogP contribution < -0.4 is 0 Å². The Morgan fingerprint density at radius 3 is 1.08 bits per heavy atom. The van der Waals surface area contributed by atoms with E-state index in [1.807, 2.05) is 0 Å². The Hall–Kier alpha value is -0.650. The predicted octanol–water partition coefficient (Wildman–Crippen LogP) is 9.82. The van der Waals surface area contributed by atoms with E-state index in [0.717, 1.165) is 6.92 Å². The van der Waals surface area contributed by atoms with Crippen molar-refractivity contribution in [2.45, 2.75) is 93.7 Å². The number of hydrogen-bond donors (Lipinski definition) is 0. The first kappa shape index (κ1) is 87.0. The Morgan fingerprint density at radius 1 is 0.760 bits per heavy atom. The molecule has 0 N–H and O–H groups in total. The average molecular weight is 395 g/mol. The highest BCUT2D eigenvalue weighted by Gasteiger charge is 2.30. The van der Waals surface area contributed by atoms with E-state index in [2.05, 4.69) is 11.3 Å². The van der Waals surface area contributed by atoms with E-state index in [-0.39, 0.29) is 80.2 Å². The van der Waals surface area contributed by atoms with Crippen molar-refractivity contribution in [3.63, 3.8) is 0 Å². The zero-order valence-electron chi connectivity index (χ0n) is 9.83. The molecule has 0 aromatic rings. The Morgan fingerprint density at radius 2 is 0.960 bits per heavy atom. The van der Waals surface area contributed by atoms with Crippen LogP contribution in [0.3, 0.4) is 0 Å². The van der Waals surface area contributed by atoms with Crippen molar-refractivity contribution in [2.75, 3.05) is 26.6 Å². The van der Waals surface area contributed by atoms with Gasteiger partial charge in [-0.2, -0.15) is 8.78 Å². The fraction of sp³-hybridized carbons (Fsp3) is 0.895. The maximum Gasteiger partial charge on any atom is 0.378 e. The molecule has 6 heteroatoms. The van der Waals surface area contributed by atoms with Crippen molar-refractivity contribution in [2.24, 2.45) is 0 Å². The van der Waals surface area contributed by atoms with Crippen molar-refractivity contribution >= 4 is 0 Å². The molecule has 0 saturated heterocycles. The summed E-state index contributed by atoms with van der Waals surface area (Å²) in [6, 6.07) is 0. The molecule has 1 nitrogen and oxygen atoms in total. The van der Waals surface area contributed by atoms with Gasteiger partial charge in [-0.1, -0.05) is 73.4 Å². The Balaban J connectivity index is -0.0000000102. The molecule has 0 unspecified atom stereocenters. The second-order valence-electron chi connectivity index (χ2n) is 2.37. The van der Waals surface area contributed by atoms with Gasteiger partial charge in [0.05, 0.1) is 20.0 Å². The lowest BCUT2D eigenvalue weighted by atomic mass is 10.3. The molecule has 172 valence electrons. The third-order valence-corrected chi connectivity index (χ3v) is 0.857. The molecule has 0 aliphatic heterocycles. The first-order valence-corrected chi connectivity index (χ1v) is 4.69. The lowest BCUT2D eigenvalue weighted by Crippen LogP contribution is -2.22. The van der Waals surface area contributed by atoms with Gasteiger partial charge in [-0.3, -0.25) is 8.78 Å². The van der Waals surface area contributed by atoms with Crippen molar-refractivity contribution in [3.05, 3.63) is 12.2 Å². The molecule has 0 aromatic carbocycles. The molecule has 0 spiro atoms. The van der Waals surface area contributed by atoms with E-state index in [4.69, 9.17) is 0 Å². The topological polar surface area (TPSA) is 9.23 Å². The van der Waals surface area contributed by atoms with Gasteiger partial charge in [0.2, 0.25) is 0 Å². The Kier molecular flexibility index (Phi) is 228. The number of rotatable bonds is 4. The van der Waals surface area contributed by atoms with Crippen LogP contribution in [-0.2, 0) is 4.74 Å². The van der Waals surface area contributed by atoms with Crippen LogP contribution in [0.15, 0.2) is 12.2 Å². The van der Waals surface area contributed by atoms with E-state index in [1.54, 1.807) is 0 Å². The lowest BCUT2D eigenvalue weighted by Gasteiger charge is -2.14. The minimum Gasteiger partial charge on any atom is -0.314 e. The van der Waals surface area contributed by atoms with Crippen molar-refractivity contribution < 1.29 is 26.7 Å². The second-order valence-corrected chi connectivity index (χ2v) is 2.37. The summed E-state index contributed by atoms with van der Waals surface area (Å²) in [5.74, 6) is 0. The number of halogens is 5. The summed E-state index contributed by atoms with van der Waals surface area (Å²) in [6.07, 6.45) is -3.38. The van der Waals surface area contributed by atoms with Crippen LogP contribution in [0.4, 0.5) is 22.0 Å². The van der Waals surface area contributed by atoms with Crippen LogP contribution in [0.5, 0.6) is 0 Å². The van der Waals surface area contributed by atoms with Crippen LogP contribution in [0.1, 0.15) is 87.6 Å². The summed E-state index contributed by atoms with van der Waals surface area (Å²) >= 11 is 0. The van der Waals surface area contributed by atoms with Gasteiger partial charge in [0.1, 0.15) is 6.67 Å². The normalized spacial score (nSPS) is 6.08. The van der Waals surface area contributed by atoms with Crippen LogP contribution in [0, 0.1) is 0 Å². The van der Waals surface area contributed by atoms with Crippen LogP contribution in [-0.4, -0.2) is 32.7 Å². The van der Waals surface area contributed by atoms with Crippen LogP contribution in [0.2, 0.25) is 0 Å². The maximum atomic E-state index is 12.2. The SMILES string of the molecule is C.C.C.C.C.C.C.C.C.C=C(C)C(F)(F)OCCF.CCF.CCF. The molecule has 0 aromatic heterocycles. The van der Waals surface area contributed by atoms with Crippen LogP contribution >= 0.6 is 0 Å². The van der Waals surface area contributed by atoms with E-state index in [9.17, 15) is 22.0 Å². The molecular formula is C19H55F5O. The molecule has 0 rings (SSSR count). The quantitative estimate of drug-likeness (QED) is 0.340. The molecule has 0 amide bonds. The van der Waals surface area contributed by atoms with Crippen molar-refractivity contribution in [1.82, 2.24) is 0 Å². The van der Waals surface area contributed by atoms with Crippen molar-refractivity contribution in [1.29, 1.82) is 0 Å². The summed E-state index contributed by atoms with van der Waals surface area (Å²) in [4.78, 5) is 0. The van der Waals surface area contributed by atoms with E-state index in [1.165, 1.54) is 13.8 Å². The largest absolute Gasteiger partial charge is 0.378 e.